The van der Waals surface area contributed by atoms with E-state index in [0.717, 1.165) is 12.1 Å². The third kappa shape index (κ3) is 2.82. The molecule has 3 aromatic rings. The van der Waals surface area contributed by atoms with Gasteiger partial charge in [0, 0.05) is 18.0 Å². The molecule has 0 unspecified atom stereocenters. The highest BCUT2D eigenvalue weighted by Crippen LogP contribution is 2.35. The average molecular weight is 354 g/mol. The highest BCUT2D eigenvalue weighted by atomic mass is 19.4. The van der Waals surface area contributed by atoms with Crippen molar-refractivity contribution in [3.63, 3.8) is 0 Å². The standard InChI is InChI=1S/C17H9F3N6/c18-17(19,20)11-3-1-10(2-4-11)14-12(7-21)15(23)25-16(13(14)8-22)26-6-5-24-9-26/h1-6,9H,(H2,23,25). The summed E-state index contributed by atoms with van der Waals surface area (Å²) in [5, 5.41) is 19.0. The van der Waals surface area contributed by atoms with Crippen LogP contribution in [0, 0.1) is 22.7 Å². The molecule has 128 valence electrons. The number of halogens is 3. The molecule has 2 N–H and O–H groups in total. The van der Waals surface area contributed by atoms with Gasteiger partial charge in [-0.25, -0.2) is 9.97 Å². The summed E-state index contributed by atoms with van der Waals surface area (Å²) in [5.41, 5.74) is 5.31. The fourth-order valence-electron chi connectivity index (χ4n) is 2.50. The maximum Gasteiger partial charge on any atom is 0.416 e. The Hall–Kier alpha value is -3.85. The largest absolute Gasteiger partial charge is 0.416 e. The van der Waals surface area contributed by atoms with Crippen molar-refractivity contribution in [1.29, 1.82) is 10.5 Å². The number of benzene rings is 1. The van der Waals surface area contributed by atoms with E-state index in [1.807, 2.05) is 12.1 Å². The summed E-state index contributed by atoms with van der Waals surface area (Å²) in [4.78, 5) is 7.95. The predicted octanol–water partition coefficient (Wildman–Crippen LogP) is 3.28. The van der Waals surface area contributed by atoms with Crippen LogP contribution in [-0.2, 0) is 6.18 Å². The van der Waals surface area contributed by atoms with E-state index in [1.165, 1.54) is 35.4 Å². The van der Waals surface area contributed by atoms with Crippen molar-refractivity contribution in [2.24, 2.45) is 0 Å². The summed E-state index contributed by atoms with van der Waals surface area (Å²) in [6.07, 6.45) is -0.0979. The number of nitrogen functional groups attached to an aromatic ring is 1. The summed E-state index contributed by atoms with van der Waals surface area (Å²) in [5.74, 6) is 0.00139. The number of imidazole rings is 1. The van der Waals surface area contributed by atoms with E-state index in [2.05, 4.69) is 9.97 Å². The summed E-state index contributed by atoms with van der Waals surface area (Å²) >= 11 is 0. The van der Waals surface area contributed by atoms with E-state index in [9.17, 15) is 23.7 Å². The third-order valence-corrected chi connectivity index (χ3v) is 3.68. The first-order valence-electron chi connectivity index (χ1n) is 7.16. The Kier molecular flexibility index (Phi) is 4.07. The number of alkyl halides is 3. The zero-order chi connectivity index (χ0) is 18.9. The minimum absolute atomic E-state index is 0.00788. The zero-order valence-corrected chi connectivity index (χ0v) is 13.0. The quantitative estimate of drug-likeness (QED) is 0.760. The van der Waals surface area contributed by atoms with E-state index in [4.69, 9.17) is 5.73 Å². The summed E-state index contributed by atoms with van der Waals surface area (Å²) < 4.78 is 39.8. The van der Waals surface area contributed by atoms with E-state index in [1.54, 1.807) is 0 Å². The van der Waals surface area contributed by atoms with E-state index >= 15 is 0 Å². The van der Waals surface area contributed by atoms with Gasteiger partial charge in [0.15, 0.2) is 5.82 Å². The normalized spacial score (nSPS) is 11.0. The van der Waals surface area contributed by atoms with Gasteiger partial charge in [-0.15, -0.1) is 0 Å². The fourth-order valence-corrected chi connectivity index (χ4v) is 2.50. The molecule has 0 aliphatic carbocycles. The fraction of sp³-hybridized carbons (Fsp3) is 0.0588. The van der Waals surface area contributed by atoms with E-state index in [0.29, 0.717) is 0 Å². The van der Waals surface area contributed by atoms with Crippen molar-refractivity contribution >= 4 is 5.82 Å². The third-order valence-electron chi connectivity index (χ3n) is 3.68. The number of hydrogen-bond acceptors (Lipinski definition) is 5. The summed E-state index contributed by atoms with van der Waals surface area (Å²) in [7, 11) is 0. The van der Waals surface area contributed by atoms with Crippen LogP contribution in [0.5, 0.6) is 0 Å². The van der Waals surface area contributed by atoms with Gasteiger partial charge < -0.3 is 5.73 Å². The molecule has 0 fully saturated rings. The average Bonchev–Trinajstić information content (AvgIpc) is 3.14. The molecule has 2 aromatic heterocycles. The molecule has 0 atom stereocenters. The molecule has 2 heterocycles. The summed E-state index contributed by atoms with van der Waals surface area (Å²) in [6, 6.07) is 7.97. The number of rotatable bonds is 2. The molecular formula is C17H9F3N6. The van der Waals surface area contributed by atoms with Crippen LogP contribution in [0.4, 0.5) is 19.0 Å². The molecule has 1 aromatic carbocycles. The molecular weight excluding hydrogens is 345 g/mol. The van der Waals surface area contributed by atoms with E-state index < -0.39 is 11.7 Å². The molecule has 0 aliphatic heterocycles. The molecule has 26 heavy (non-hydrogen) atoms. The smallest absolute Gasteiger partial charge is 0.383 e. The lowest BCUT2D eigenvalue weighted by Crippen LogP contribution is -2.08. The molecule has 0 bridgehead atoms. The number of aromatic nitrogens is 3. The molecule has 9 heteroatoms. The minimum Gasteiger partial charge on any atom is -0.383 e. The molecule has 0 radical (unpaired) electrons. The minimum atomic E-state index is -4.49. The SMILES string of the molecule is N#Cc1c(N)nc(-n2ccnc2)c(C#N)c1-c1ccc(C(F)(F)F)cc1. The van der Waals surface area contributed by atoms with Crippen LogP contribution >= 0.6 is 0 Å². The lowest BCUT2D eigenvalue weighted by Gasteiger charge is -2.14. The van der Waals surface area contributed by atoms with Gasteiger partial charge in [-0.2, -0.15) is 23.7 Å². The van der Waals surface area contributed by atoms with Gasteiger partial charge in [0.2, 0.25) is 0 Å². The first-order valence-corrected chi connectivity index (χ1v) is 7.16. The lowest BCUT2D eigenvalue weighted by atomic mass is 9.95. The van der Waals surface area contributed by atoms with Gasteiger partial charge in [-0.05, 0) is 17.7 Å². The van der Waals surface area contributed by atoms with Crippen LogP contribution in [0.3, 0.4) is 0 Å². The van der Waals surface area contributed by atoms with Crippen molar-refractivity contribution in [3.05, 3.63) is 59.7 Å². The number of anilines is 1. The van der Waals surface area contributed by atoms with Crippen LogP contribution in [0.15, 0.2) is 43.0 Å². The summed E-state index contributed by atoms with van der Waals surface area (Å²) in [6.45, 7) is 0. The van der Waals surface area contributed by atoms with Gasteiger partial charge in [-0.1, -0.05) is 12.1 Å². The molecule has 3 rings (SSSR count). The second-order valence-electron chi connectivity index (χ2n) is 5.21. The van der Waals surface area contributed by atoms with Gasteiger partial charge in [0.05, 0.1) is 5.56 Å². The molecule has 0 saturated heterocycles. The van der Waals surface area contributed by atoms with Crippen molar-refractivity contribution < 1.29 is 13.2 Å². The molecule has 0 spiro atoms. The highest BCUT2D eigenvalue weighted by Gasteiger charge is 2.30. The Morgan fingerprint density at radius 1 is 1.04 bits per heavy atom. The lowest BCUT2D eigenvalue weighted by molar-refractivity contribution is -0.137. The first-order chi connectivity index (χ1) is 12.4. The van der Waals surface area contributed by atoms with Crippen LogP contribution in [-0.4, -0.2) is 14.5 Å². The van der Waals surface area contributed by atoms with Crippen molar-refractivity contribution in [1.82, 2.24) is 14.5 Å². The van der Waals surface area contributed by atoms with Gasteiger partial charge >= 0.3 is 6.18 Å². The van der Waals surface area contributed by atoms with Crippen molar-refractivity contribution in [2.75, 3.05) is 5.73 Å². The molecule has 0 aliphatic rings. The maximum absolute atomic E-state index is 12.8. The maximum atomic E-state index is 12.8. The molecule has 6 nitrogen and oxygen atoms in total. The van der Waals surface area contributed by atoms with Crippen molar-refractivity contribution in [3.8, 4) is 29.1 Å². The van der Waals surface area contributed by atoms with Crippen LogP contribution in [0.2, 0.25) is 0 Å². The number of nitrogens with zero attached hydrogens (tertiary/aromatic N) is 5. The van der Waals surface area contributed by atoms with Gasteiger partial charge in [-0.3, -0.25) is 4.57 Å². The Balaban J connectivity index is 2.30. The highest BCUT2D eigenvalue weighted by molar-refractivity contribution is 5.83. The second kappa shape index (κ2) is 6.22. The number of hydrogen-bond donors (Lipinski definition) is 1. The number of nitrogens with two attached hydrogens (primary N) is 1. The Labute approximate surface area is 145 Å². The van der Waals surface area contributed by atoms with Crippen molar-refractivity contribution in [2.45, 2.75) is 6.18 Å². The molecule has 0 saturated carbocycles. The van der Waals surface area contributed by atoms with Crippen LogP contribution in [0.1, 0.15) is 16.7 Å². The monoisotopic (exact) mass is 354 g/mol. The Bertz CT molecular complexity index is 1040. The Morgan fingerprint density at radius 2 is 1.69 bits per heavy atom. The number of nitriles is 2. The second-order valence-corrected chi connectivity index (χ2v) is 5.21. The molecule has 0 amide bonds. The topological polar surface area (TPSA) is 104 Å². The Morgan fingerprint density at radius 3 is 2.19 bits per heavy atom. The van der Waals surface area contributed by atoms with Crippen LogP contribution < -0.4 is 5.73 Å². The first kappa shape index (κ1) is 17.0. The number of pyridine rings is 1. The van der Waals surface area contributed by atoms with Gasteiger partial charge in [0.25, 0.3) is 0 Å². The zero-order valence-electron chi connectivity index (χ0n) is 13.0. The van der Waals surface area contributed by atoms with Gasteiger partial charge in [0.1, 0.15) is 35.4 Å². The van der Waals surface area contributed by atoms with E-state index in [-0.39, 0.29) is 33.9 Å². The van der Waals surface area contributed by atoms with Crippen LogP contribution in [0.25, 0.3) is 16.9 Å². The predicted molar refractivity (Wildman–Crippen MR) is 85.6 cm³/mol.